The van der Waals surface area contributed by atoms with Gasteiger partial charge in [-0.3, -0.25) is 15.0 Å². The minimum Gasteiger partial charge on any atom is -0.379 e. The number of hydrogen-bond donors (Lipinski definition) is 2. The van der Waals surface area contributed by atoms with E-state index >= 15 is 0 Å². The van der Waals surface area contributed by atoms with Gasteiger partial charge in [-0.15, -0.1) is 24.0 Å². The van der Waals surface area contributed by atoms with Gasteiger partial charge < -0.3 is 15.4 Å². The summed E-state index contributed by atoms with van der Waals surface area (Å²) in [6, 6.07) is 15.0. The number of nitro benzene ring substituents is 1. The Hall–Kier alpha value is -2.24. The summed E-state index contributed by atoms with van der Waals surface area (Å²) in [5.41, 5.74) is 3.47. The fraction of sp³-hybridized carbons (Fsp3) is 0.458. The molecule has 1 aliphatic heterocycles. The first-order chi connectivity index (χ1) is 15.5. The van der Waals surface area contributed by atoms with E-state index in [0.29, 0.717) is 6.54 Å². The molecule has 8 nitrogen and oxygen atoms in total. The Morgan fingerprint density at radius 2 is 1.88 bits per heavy atom. The molecular formula is C24H34IN5O3. The number of halogens is 1. The summed E-state index contributed by atoms with van der Waals surface area (Å²) < 4.78 is 5.41. The second-order valence-corrected chi connectivity index (χ2v) is 8.05. The normalized spacial score (nSPS) is 15.4. The maximum atomic E-state index is 10.9. The van der Waals surface area contributed by atoms with E-state index in [4.69, 9.17) is 9.73 Å². The van der Waals surface area contributed by atoms with Gasteiger partial charge in [-0.1, -0.05) is 36.4 Å². The van der Waals surface area contributed by atoms with E-state index in [0.717, 1.165) is 57.3 Å². The third-order valence-corrected chi connectivity index (χ3v) is 5.62. The molecule has 1 heterocycles. The van der Waals surface area contributed by atoms with Crippen molar-refractivity contribution in [3.8, 4) is 0 Å². The SMILES string of the molecule is Cc1ccccc1C(C)NC(=NCc1ccc([N+](=O)[O-])cc1)NCCCN1CCOCC1.I. The summed E-state index contributed by atoms with van der Waals surface area (Å²) in [6.07, 6.45) is 1.01. The number of guanidine groups is 1. The molecule has 3 rings (SSSR count). The van der Waals surface area contributed by atoms with Crippen LogP contribution in [0.5, 0.6) is 0 Å². The molecule has 2 N–H and O–H groups in total. The fourth-order valence-electron chi connectivity index (χ4n) is 3.74. The lowest BCUT2D eigenvalue weighted by molar-refractivity contribution is -0.384. The molecule has 2 aromatic rings. The van der Waals surface area contributed by atoms with Crippen molar-refractivity contribution in [2.75, 3.05) is 39.4 Å². The first-order valence-corrected chi connectivity index (χ1v) is 11.2. The number of morpholine rings is 1. The van der Waals surface area contributed by atoms with Gasteiger partial charge in [-0.25, -0.2) is 4.99 Å². The topological polar surface area (TPSA) is 92.0 Å². The van der Waals surface area contributed by atoms with Gasteiger partial charge in [0.05, 0.1) is 30.7 Å². The average molecular weight is 567 g/mol. The number of benzene rings is 2. The number of aryl methyl sites for hydroxylation is 1. The lowest BCUT2D eigenvalue weighted by Gasteiger charge is -2.26. The third-order valence-electron chi connectivity index (χ3n) is 5.62. The number of aliphatic imine (C=N–C) groups is 1. The summed E-state index contributed by atoms with van der Waals surface area (Å²) in [4.78, 5) is 17.6. The molecule has 0 amide bonds. The molecule has 1 unspecified atom stereocenters. The van der Waals surface area contributed by atoms with Crippen LogP contribution in [-0.2, 0) is 11.3 Å². The molecule has 1 aliphatic rings. The second kappa shape index (κ2) is 14.1. The van der Waals surface area contributed by atoms with Crippen molar-refractivity contribution in [1.29, 1.82) is 0 Å². The van der Waals surface area contributed by atoms with Crippen LogP contribution in [0.2, 0.25) is 0 Å². The summed E-state index contributed by atoms with van der Waals surface area (Å²) in [5, 5.41) is 17.8. The molecule has 0 aliphatic carbocycles. The highest BCUT2D eigenvalue weighted by atomic mass is 127. The maximum absolute atomic E-state index is 10.9. The standard InChI is InChI=1S/C24H33N5O3.HI/c1-19-6-3-4-7-23(19)20(2)27-24(25-12-5-13-28-14-16-32-17-15-28)26-18-21-8-10-22(11-9-21)29(30)31;/h3-4,6-11,20H,5,12-18H2,1-2H3,(H2,25,26,27);1H. The monoisotopic (exact) mass is 567 g/mol. The molecule has 180 valence electrons. The van der Waals surface area contributed by atoms with Gasteiger partial charge >= 0.3 is 0 Å². The van der Waals surface area contributed by atoms with Crippen molar-refractivity contribution in [2.24, 2.45) is 4.99 Å². The van der Waals surface area contributed by atoms with E-state index in [-0.39, 0.29) is 40.6 Å². The van der Waals surface area contributed by atoms with E-state index in [2.05, 4.69) is 41.5 Å². The highest BCUT2D eigenvalue weighted by Crippen LogP contribution is 2.17. The van der Waals surface area contributed by atoms with Crippen LogP contribution in [-0.4, -0.2) is 55.2 Å². The lowest BCUT2D eigenvalue weighted by Crippen LogP contribution is -2.41. The second-order valence-electron chi connectivity index (χ2n) is 8.05. The largest absolute Gasteiger partial charge is 0.379 e. The molecule has 0 saturated carbocycles. The van der Waals surface area contributed by atoms with Crippen molar-refractivity contribution in [1.82, 2.24) is 15.5 Å². The quantitative estimate of drug-likeness (QED) is 0.119. The summed E-state index contributed by atoms with van der Waals surface area (Å²) >= 11 is 0. The molecular weight excluding hydrogens is 533 g/mol. The predicted octanol–water partition coefficient (Wildman–Crippen LogP) is 4.04. The average Bonchev–Trinajstić information content (AvgIpc) is 2.81. The van der Waals surface area contributed by atoms with Gasteiger partial charge in [0.1, 0.15) is 0 Å². The molecule has 0 radical (unpaired) electrons. The van der Waals surface area contributed by atoms with Crippen molar-refractivity contribution in [3.63, 3.8) is 0 Å². The van der Waals surface area contributed by atoms with E-state index in [1.165, 1.54) is 23.3 Å². The summed E-state index contributed by atoms with van der Waals surface area (Å²) in [6.45, 7) is 10.1. The van der Waals surface area contributed by atoms with Gasteiger partial charge in [0.2, 0.25) is 0 Å². The summed E-state index contributed by atoms with van der Waals surface area (Å²) in [5.74, 6) is 0.737. The minimum absolute atomic E-state index is 0. The molecule has 0 aromatic heterocycles. The minimum atomic E-state index is -0.389. The smallest absolute Gasteiger partial charge is 0.269 e. The van der Waals surface area contributed by atoms with Crippen LogP contribution < -0.4 is 10.6 Å². The number of non-ortho nitro benzene ring substituents is 1. The maximum Gasteiger partial charge on any atom is 0.269 e. The van der Waals surface area contributed by atoms with Crippen LogP contribution in [0.3, 0.4) is 0 Å². The van der Waals surface area contributed by atoms with Crippen molar-refractivity contribution in [2.45, 2.75) is 32.9 Å². The highest BCUT2D eigenvalue weighted by Gasteiger charge is 2.12. The van der Waals surface area contributed by atoms with Crippen LogP contribution in [0.25, 0.3) is 0 Å². The first-order valence-electron chi connectivity index (χ1n) is 11.2. The van der Waals surface area contributed by atoms with Crippen molar-refractivity contribution >= 4 is 35.6 Å². The third kappa shape index (κ3) is 8.90. The molecule has 0 spiro atoms. The molecule has 1 atom stereocenters. The Balaban J connectivity index is 0.00000385. The molecule has 2 aromatic carbocycles. The number of nitro groups is 1. The van der Waals surface area contributed by atoms with Gasteiger partial charge in [0.15, 0.2) is 5.96 Å². The van der Waals surface area contributed by atoms with Gasteiger partial charge in [-0.2, -0.15) is 0 Å². The number of nitrogens with one attached hydrogen (secondary N) is 2. The van der Waals surface area contributed by atoms with Crippen LogP contribution in [0.15, 0.2) is 53.5 Å². The number of nitrogens with zero attached hydrogens (tertiary/aromatic N) is 3. The van der Waals surface area contributed by atoms with E-state index in [9.17, 15) is 10.1 Å². The number of rotatable bonds is 9. The Bertz CT molecular complexity index is 901. The van der Waals surface area contributed by atoms with Gasteiger partial charge in [0.25, 0.3) is 5.69 Å². The zero-order chi connectivity index (χ0) is 22.8. The highest BCUT2D eigenvalue weighted by molar-refractivity contribution is 14.0. The zero-order valence-electron chi connectivity index (χ0n) is 19.3. The zero-order valence-corrected chi connectivity index (χ0v) is 21.7. The van der Waals surface area contributed by atoms with Crippen molar-refractivity contribution < 1.29 is 9.66 Å². The predicted molar refractivity (Wildman–Crippen MR) is 142 cm³/mol. The fourth-order valence-corrected chi connectivity index (χ4v) is 3.74. The lowest BCUT2D eigenvalue weighted by atomic mass is 10.0. The van der Waals surface area contributed by atoms with E-state index < -0.39 is 0 Å². The van der Waals surface area contributed by atoms with Crippen LogP contribution in [0.1, 0.15) is 36.1 Å². The first kappa shape index (κ1) is 27.0. The Kier molecular flexibility index (Phi) is 11.6. The van der Waals surface area contributed by atoms with Gasteiger partial charge in [0, 0.05) is 31.8 Å². The van der Waals surface area contributed by atoms with Crippen LogP contribution in [0.4, 0.5) is 5.69 Å². The van der Waals surface area contributed by atoms with Crippen molar-refractivity contribution in [3.05, 3.63) is 75.3 Å². The molecule has 0 bridgehead atoms. The summed E-state index contributed by atoms with van der Waals surface area (Å²) in [7, 11) is 0. The molecule has 33 heavy (non-hydrogen) atoms. The van der Waals surface area contributed by atoms with Gasteiger partial charge in [-0.05, 0) is 43.5 Å². The van der Waals surface area contributed by atoms with Crippen LogP contribution >= 0.6 is 24.0 Å². The van der Waals surface area contributed by atoms with E-state index in [1.807, 2.05) is 12.1 Å². The molecule has 9 heteroatoms. The Morgan fingerprint density at radius 3 is 2.55 bits per heavy atom. The number of hydrogen-bond acceptors (Lipinski definition) is 5. The Labute approximate surface area is 213 Å². The Morgan fingerprint density at radius 1 is 1.18 bits per heavy atom. The van der Waals surface area contributed by atoms with Crippen LogP contribution in [0, 0.1) is 17.0 Å². The molecule has 1 fully saturated rings. The van der Waals surface area contributed by atoms with E-state index in [1.54, 1.807) is 12.1 Å². The number of ether oxygens (including phenoxy) is 1. The molecule has 1 saturated heterocycles.